The maximum absolute atomic E-state index is 12.5. The Hall–Kier alpha value is -2.49. The van der Waals surface area contributed by atoms with Gasteiger partial charge in [-0.1, -0.05) is 6.07 Å². The van der Waals surface area contributed by atoms with Crippen LogP contribution in [0.2, 0.25) is 0 Å². The van der Waals surface area contributed by atoms with Gasteiger partial charge in [0, 0.05) is 33.9 Å². The van der Waals surface area contributed by atoms with Crippen molar-refractivity contribution in [1.82, 2.24) is 0 Å². The van der Waals surface area contributed by atoms with Gasteiger partial charge in [0.1, 0.15) is 0 Å². The van der Waals surface area contributed by atoms with E-state index >= 15 is 0 Å². The van der Waals surface area contributed by atoms with Gasteiger partial charge in [0.2, 0.25) is 11.8 Å². The summed E-state index contributed by atoms with van der Waals surface area (Å²) >= 11 is 2.18. The smallest absolute Gasteiger partial charge is 0.274 e. The van der Waals surface area contributed by atoms with E-state index in [0.29, 0.717) is 16.9 Å². The molecule has 0 saturated carbocycles. The molecule has 0 bridgehead atoms. The summed E-state index contributed by atoms with van der Waals surface area (Å²) in [5, 5.41) is 13.9. The summed E-state index contributed by atoms with van der Waals surface area (Å²) in [6, 6.07) is 12.0. The van der Waals surface area contributed by atoms with Crippen molar-refractivity contribution < 1.29 is 14.5 Å². The number of nitrogens with one attached hydrogen (secondary N) is 1. The maximum atomic E-state index is 12.5. The second-order valence-corrected chi connectivity index (χ2v) is 7.38. The molecule has 134 valence electrons. The highest BCUT2D eigenvalue weighted by Crippen LogP contribution is 2.30. The molecule has 1 atom stereocenters. The van der Waals surface area contributed by atoms with Crippen LogP contribution in [-0.2, 0) is 9.59 Å². The predicted octanol–water partition coefficient (Wildman–Crippen LogP) is 3.50. The number of nitrogens with zero attached hydrogens (tertiary/aromatic N) is 2. The SMILES string of the molecule is Cc1ccc(N2C[C@@H](C(=O)Nc3ccc(I)cc3)CC2=O)cc1[N+](=O)[O-]. The molecule has 0 aliphatic carbocycles. The first-order chi connectivity index (χ1) is 12.3. The van der Waals surface area contributed by atoms with Crippen LogP contribution in [0.1, 0.15) is 12.0 Å². The molecule has 0 aromatic heterocycles. The Morgan fingerprint density at radius 1 is 1.27 bits per heavy atom. The average molecular weight is 465 g/mol. The van der Waals surface area contributed by atoms with Gasteiger partial charge in [-0.2, -0.15) is 0 Å². The third kappa shape index (κ3) is 3.85. The maximum Gasteiger partial charge on any atom is 0.274 e. The molecule has 1 aliphatic rings. The fourth-order valence-corrected chi connectivity index (χ4v) is 3.23. The van der Waals surface area contributed by atoms with Gasteiger partial charge in [-0.15, -0.1) is 0 Å². The van der Waals surface area contributed by atoms with Gasteiger partial charge < -0.3 is 10.2 Å². The van der Waals surface area contributed by atoms with Crippen molar-refractivity contribution in [2.45, 2.75) is 13.3 Å². The first-order valence-electron chi connectivity index (χ1n) is 7.97. The number of hydrogen-bond acceptors (Lipinski definition) is 4. The fraction of sp³-hybridized carbons (Fsp3) is 0.222. The molecule has 0 radical (unpaired) electrons. The molecule has 8 heteroatoms. The molecule has 0 spiro atoms. The van der Waals surface area contributed by atoms with Crippen molar-refractivity contribution in [3.05, 3.63) is 61.7 Å². The van der Waals surface area contributed by atoms with E-state index in [4.69, 9.17) is 0 Å². The van der Waals surface area contributed by atoms with Gasteiger partial charge in [-0.3, -0.25) is 19.7 Å². The number of benzene rings is 2. The number of carbonyl (C=O) groups excluding carboxylic acids is 2. The first kappa shape index (κ1) is 18.3. The number of halogens is 1. The van der Waals surface area contributed by atoms with Crippen molar-refractivity contribution >= 4 is 51.5 Å². The van der Waals surface area contributed by atoms with Gasteiger partial charge in [0.15, 0.2) is 0 Å². The van der Waals surface area contributed by atoms with E-state index in [1.165, 1.54) is 11.0 Å². The third-order valence-corrected chi connectivity index (χ3v) is 5.03. The van der Waals surface area contributed by atoms with Crippen molar-refractivity contribution in [3.8, 4) is 0 Å². The molecular weight excluding hydrogens is 449 g/mol. The van der Waals surface area contributed by atoms with Crippen LogP contribution in [0.5, 0.6) is 0 Å². The highest BCUT2D eigenvalue weighted by Gasteiger charge is 2.35. The summed E-state index contributed by atoms with van der Waals surface area (Å²) in [4.78, 5) is 36.8. The number of nitro benzene ring substituents is 1. The predicted molar refractivity (Wildman–Crippen MR) is 106 cm³/mol. The number of carbonyl (C=O) groups is 2. The molecule has 2 aromatic carbocycles. The molecular formula is C18H16IN3O4. The molecule has 7 nitrogen and oxygen atoms in total. The zero-order chi connectivity index (χ0) is 18.8. The number of hydrogen-bond donors (Lipinski definition) is 1. The lowest BCUT2D eigenvalue weighted by Crippen LogP contribution is -2.28. The van der Waals surface area contributed by atoms with E-state index < -0.39 is 10.8 Å². The van der Waals surface area contributed by atoms with E-state index in [2.05, 4.69) is 27.9 Å². The Morgan fingerprint density at radius 3 is 2.62 bits per heavy atom. The van der Waals surface area contributed by atoms with Gasteiger partial charge in [0.05, 0.1) is 16.5 Å². The van der Waals surface area contributed by atoms with Crippen molar-refractivity contribution in [3.63, 3.8) is 0 Å². The lowest BCUT2D eigenvalue weighted by Gasteiger charge is -2.17. The van der Waals surface area contributed by atoms with E-state index in [9.17, 15) is 19.7 Å². The Morgan fingerprint density at radius 2 is 1.96 bits per heavy atom. The molecule has 1 N–H and O–H groups in total. The van der Waals surface area contributed by atoms with Crippen molar-refractivity contribution in [1.29, 1.82) is 0 Å². The quantitative estimate of drug-likeness (QED) is 0.425. The average Bonchev–Trinajstić information content (AvgIpc) is 2.99. The molecule has 2 amide bonds. The van der Waals surface area contributed by atoms with Crippen LogP contribution in [-0.4, -0.2) is 23.3 Å². The summed E-state index contributed by atoms with van der Waals surface area (Å²) in [5.41, 5.74) is 1.60. The molecule has 3 rings (SSSR count). The van der Waals surface area contributed by atoms with Crippen LogP contribution in [0.3, 0.4) is 0 Å². The van der Waals surface area contributed by atoms with E-state index in [-0.39, 0.29) is 30.5 Å². The highest BCUT2D eigenvalue weighted by atomic mass is 127. The van der Waals surface area contributed by atoms with E-state index in [1.54, 1.807) is 31.2 Å². The molecule has 0 unspecified atom stereocenters. The van der Waals surface area contributed by atoms with Crippen LogP contribution in [0.15, 0.2) is 42.5 Å². The Labute approximate surface area is 163 Å². The summed E-state index contributed by atoms with van der Waals surface area (Å²) in [6.45, 7) is 1.85. The fourth-order valence-electron chi connectivity index (χ4n) is 2.87. The Bertz CT molecular complexity index is 883. The van der Waals surface area contributed by atoms with Crippen LogP contribution < -0.4 is 10.2 Å². The summed E-state index contributed by atoms with van der Waals surface area (Å²) in [5.74, 6) is -0.947. The number of amides is 2. The van der Waals surface area contributed by atoms with Gasteiger partial charge in [-0.05, 0) is 59.8 Å². The summed E-state index contributed by atoms with van der Waals surface area (Å²) in [7, 11) is 0. The van der Waals surface area contributed by atoms with Crippen LogP contribution in [0.25, 0.3) is 0 Å². The molecule has 1 fully saturated rings. The minimum absolute atomic E-state index is 0.0397. The number of aryl methyl sites for hydroxylation is 1. The topological polar surface area (TPSA) is 92.6 Å². The van der Waals surface area contributed by atoms with Gasteiger partial charge in [-0.25, -0.2) is 0 Å². The largest absolute Gasteiger partial charge is 0.326 e. The standard InChI is InChI=1S/C18H16IN3O4/c1-11-2-7-15(9-16(11)22(25)26)21-10-12(8-17(21)23)18(24)20-14-5-3-13(19)4-6-14/h2-7,9,12H,8,10H2,1H3,(H,20,24)/t12-/m0/s1. The summed E-state index contributed by atoms with van der Waals surface area (Å²) < 4.78 is 1.06. The van der Waals surface area contributed by atoms with Crippen LogP contribution in [0, 0.1) is 26.5 Å². The van der Waals surface area contributed by atoms with Crippen molar-refractivity contribution in [2.24, 2.45) is 5.92 Å². The Kier molecular flexibility index (Phi) is 5.21. The lowest BCUT2D eigenvalue weighted by atomic mass is 10.1. The second-order valence-electron chi connectivity index (χ2n) is 6.13. The Balaban J connectivity index is 1.74. The normalized spacial score (nSPS) is 16.6. The van der Waals surface area contributed by atoms with Crippen molar-refractivity contribution in [2.75, 3.05) is 16.8 Å². The molecule has 1 aliphatic heterocycles. The summed E-state index contributed by atoms with van der Waals surface area (Å²) in [6.07, 6.45) is 0.0812. The second kappa shape index (κ2) is 7.40. The first-order valence-corrected chi connectivity index (χ1v) is 9.05. The molecule has 1 saturated heterocycles. The van der Waals surface area contributed by atoms with E-state index in [0.717, 1.165) is 3.57 Å². The van der Waals surface area contributed by atoms with Gasteiger partial charge in [0.25, 0.3) is 5.69 Å². The molecule has 2 aromatic rings. The monoisotopic (exact) mass is 465 g/mol. The highest BCUT2D eigenvalue weighted by molar-refractivity contribution is 14.1. The number of anilines is 2. The third-order valence-electron chi connectivity index (χ3n) is 4.31. The van der Waals surface area contributed by atoms with E-state index in [1.807, 2.05) is 12.1 Å². The zero-order valence-electron chi connectivity index (χ0n) is 13.9. The van der Waals surface area contributed by atoms with Crippen LogP contribution in [0.4, 0.5) is 17.1 Å². The lowest BCUT2D eigenvalue weighted by molar-refractivity contribution is -0.385. The minimum atomic E-state index is -0.498. The molecule has 1 heterocycles. The minimum Gasteiger partial charge on any atom is -0.326 e. The van der Waals surface area contributed by atoms with Gasteiger partial charge >= 0.3 is 0 Å². The zero-order valence-corrected chi connectivity index (χ0v) is 16.1. The number of rotatable bonds is 4. The van der Waals surface area contributed by atoms with Crippen LogP contribution >= 0.6 is 22.6 Å². The number of nitro groups is 1. The molecule has 26 heavy (non-hydrogen) atoms.